The van der Waals surface area contributed by atoms with Crippen molar-refractivity contribution in [2.45, 2.75) is 71.1 Å². The molecular weight excluding hydrogens is 512 g/mol. The Morgan fingerprint density at radius 2 is 1.75 bits per heavy atom. The first-order chi connectivity index (χ1) is 19.4. The van der Waals surface area contributed by atoms with Gasteiger partial charge in [0.05, 0.1) is 7.11 Å². The summed E-state index contributed by atoms with van der Waals surface area (Å²) in [6.45, 7) is 3.57. The number of tetrazole rings is 1. The molecule has 1 aliphatic carbocycles. The Morgan fingerprint density at radius 1 is 1.02 bits per heavy atom. The quantitative estimate of drug-likeness (QED) is 0.311. The van der Waals surface area contributed by atoms with E-state index in [-0.39, 0.29) is 36.8 Å². The minimum Gasteiger partial charge on any atom is -0.497 e. The van der Waals surface area contributed by atoms with Crippen LogP contribution >= 0.6 is 0 Å². The maximum atomic E-state index is 13.9. The van der Waals surface area contributed by atoms with Gasteiger partial charge in [0.25, 0.3) is 5.91 Å². The normalized spacial score (nSPS) is 14.6. The first-order valence-electron chi connectivity index (χ1n) is 13.5. The third-order valence-electron chi connectivity index (χ3n) is 7.06. The molecule has 40 heavy (non-hydrogen) atoms. The maximum Gasteiger partial charge on any atom is 0.250 e. The van der Waals surface area contributed by atoms with Crippen LogP contribution < -0.4 is 10.1 Å². The number of carbonyl (C=O) groups is 2. The van der Waals surface area contributed by atoms with E-state index in [0.29, 0.717) is 28.8 Å². The minimum atomic E-state index is -0.985. The molecule has 0 saturated heterocycles. The van der Waals surface area contributed by atoms with E-state index in [0.717, 1.165) is 31.2 Å². The van der Waals surface area contributed by atoms with Crippen LogP contribution in [0.1, 0.15) is 61.0 Å². The Bertz CT molecular complexity index is 1430. The number of rotatable bonds is 10. The topological polar surface area (TPSA) is 129 Å². The van der Waals surface area contributed by atoms with Crippen LogP contribution in [0.15, 0.2) is 57.4 Å². The number of hydrogen-bond donors (Lipinski definition) is 1. The van der Waals surface area contributed by atoms with E-state index < -0.39 is 6.04 Å². The van der Waals surface area contributed by atoms with Gasteiger partial charge in [0.1, 0.15) is 29.6 Å². The van der Waals surface area contributed by atoms with Crippen LogP contribution in [0.4, 0.5) is 0 Å². The van der Waals surface area contributed by atoms with Crippen LogP contribution in [0.5, 0.6) is 5.75 Å². The van der Waals surface area contributed by atoms with Gasteiger partial charge in [-0.05, 0) is 73.9 Å². The number of aromatic nitrogens is 4. The summed E-state index contributed by atoms with van der Waals surface area (Å²) in [7, 11) is 1.60. The van der Waals surface area contributed by atoms with Gasteiger partial charge in [0.2, 0.25) is 11.7 Å². The summed E-state index contributed by atoms with van der Waals surface area (Å²) in [4.78, 5) is 30.5. The molecule has 3 heterocycles. The molecule has 1 fully saturated rings. The molecule has 210 valence electrons. The number of ether oxygens (including phenoxy) is 1. The molecule has 0 spiro atoms. The van der Waals surface area contributed by atoms with Crippen LogP contribution in [-0.2, 0) is 22.7 Å². The third kappa shape index (κ3) is 6.41. The highest BCUT2D eigenvalue weighted by Gasteiger charge is 2.35. The maximum absolute atomic E-state index is 13.9. The summed E-state index contributed by atoms with van der Waals surface area (Å²) in [5, 5.41) is 15.6. The van der Waals surface area contributed by atoms with Gasteiger partial charge >= 0.3 is 0 Å². The Morgan fingerprint density at radius 3 is 2.40 bits per heavy atom. The molecule has 1 aliphatic rings. The zero-order valence-corrected chi connectivity index (χ0v) is 23.0. The number of nitrogens with zero attached hydrogens (tertiary/aromatic N) is 5. The monoisotopic (exact) mass is 546 g/mol. The first kappa shape index (κ1) is 27.2. The Labute approximate surface area is 232 Å². The van der Waals surface area contributed by atoms with Crippen LogP contribution in [0.25, 0.3) is 11.6 Å². The zero-order valence-electron chi connectivity index (χ0n) is 23.0. The fourth-order valence-corrected chi connectivity index (χ4v) is 4.98. The van der Waals surface area contributed by atoms with Crippen molar-refractivity contribution in [3.8, 4) is 17.3 Å². The van der Waals surface area contributed by atoms with E-state index in [1.54, 1.807) is 31.4 Å². The fourth-order valence-electron chi connectivity index (χ4n) is 4.98. The second-order valence-corrected chi connectivity index (χ2v) is 10.1. The molecule has 2 amide bonds. The van der Waals surface area contributed by atoms with Gasteiger partial charge in [0.15, 0.2) is 11.8 Å². The predicted molar refractivity (Wildman–Crippen MR) is 145 cm³/mol. The summed E-state index contributed by atoms with van der Waals surface area (Å²) in [5.41, 5.74) is 0.825. The minimum absolute atomic E-state index is 0.0639. The van der Waals surface area contributed by atoms with Crippen molar-refractivity contribution in [1.29, 1.82) is 0 Å². The van der Waals surface area contributed by atoms with Crippen LogP contribution in [0, 0.1) is 13.8 Å². The number of carbonyl (C=O) groups excluding carboxylic acids is 2. The van der Waals surface area contributed by atoms with E-state index in [9.17, 15) is 9.59 Å². The Kier molecular flexibility index (Phi) is 8.28. The van der Waals surface area contributed by atoms with E-state index in [4.69, 9.17) is 13.6 Å². The first-order valence-corrected chi connectivity index (χ1v) is 13.5. The molecule has 1 N–H and O–H groups in total. The smallest absolute Gasteiger partial charge is 0.250 e. The average molecular weight is 547 g/mol. The average Bonchev–Trinajstić information content (AvgIpc) is 3.71. The second kappa shape index (κ2) is 12.2. The number of aryl methyl sites for hydroxylation is 2. The molecule has 0 radical (unpaired) electrons. The van der Waals surface area contributed by atoms with E-state index >= 15 is 0 Å². The lowest BCUT2D eigenvalue weighted by Crippen LogP contribution is -2.47. The zero-order chi connectivity index (χ0) is 28.1. The fraction of sp³-hybridized carbons (Fsp3) is 0.414. The standard InChI is InChI=1S/C29H34N6O5/c1-19-9-15-24(39-19)27(29(37)30-22-7-5-4-6-8-22)34(17-21-11-13-23(38-3)14-12-21)26(36)18-35-32-28(31-33-35)25-16-10-20(2)40-25/h9-16,22,27H,4-8,17-18H2,1-3H3,(H,30,37). The molecule has 1 saturated carbocycles. The number of nitrogens with one attached hydrogen (secondary N) is 1. The van der Waals surface area contributed by atoms with Crippen molar-refractivity contribution in [3.05, 3.63) is 71.4 Å². The largest absolute Gasteiger partial charge is 0.497 e. The van der Waals surface area contributed by atoms with Crippen molar-refractivity contribution in [2.24, 2.45) is 0 Å². The number of hydrogen-bond acceptors (Lipinski definition) is 8. The van der Waals surface area contributed by atoms with Gasteiger partial charge in [0, 0.05) is 12.6 Å². The van der Waals surface area contributed by atoms with Gasteiger partial charge in [-0.1, -0.05) is 31.4 Å². The lowest BCUT2D eigenvalue weighted by molar-refractivity contribution is -0.143. The number of furan rings is 2. The Balaban J connectivity index is 1.45. The highest BCUT2D eigenvalue weighted by Crippen LogP contribution is 2.28. The van der Waals surface area contributed by atoms with Crippen LogP contribution in [0.2, 0.25) is 0 Å². The second-order valence-electron chi connectivity index (χ2n) is 10.1. The van der Waals surface area contributed by atoms with Crippen molar-refractivity contribution in [3.63, 3.8) is 0 Å². The van der Waals surface area contributed by atoms with Crippen LogP contribution in [0.3, 0.4) is 0 Å². The molecule has 11 nitrogen and oxygen atoms in total. The molecular formula is C29H34N6O5. The summed E-state index contributed by atoms with van der Waals surface area (Å²) in [6, 6.07) is 13.6. The lowest BCUT2D eigenvalue weighted by atomic mass is 9.95. The van der Waals surface area contributed by atoms with Crippen molar-refractivity contribution < 1.29 is 23.2 Å². The number of methoxy groups -OCH3 is 1. The van der Waals surface area contributed by atoms with Crippen LogP contribution in [-0.4, -0.2) is 50.1 Å². The SMILES string of the molecule is COc1ccc(CN(C(=O)Cn2nnc(-c3ccc(C)o3)n2)C(C(=O)NC2CCCCC2)c2ccc(C)o2)cc1. The molecule has 3 aromatic heterocycles. The molecule has 0 bridgehead atoms. The highest BCUT2D eigenvalue weighted by molar-refractivity contribution is 5.88. The molecule has 5 rings (SSSR count). The molecule has 1 atom stereocenters. The van der Waals surface area contributed by atoms with Gasteiger partial charge in [-0.3, -0.25) is 9.59 Å². The molecule has 1 aromatic carbocycles. The van der Waals surface area contributed by atoms with Gasteiger partial charge in [-0.25, -0.2) is 0 Å². The third-order valence-corrected chi connectivity index (χ3v) is 7.06. The van der Waals surface area contributed by atoms with Gasteiger partial charge in [-0.2, -0.15) is 4.80 Å². The van der Waals surface area contributed by atoms with Crippen molar-refractivity contribution in [1.82, 2.24) is 30.4 Å². The summed E-state index contributed by atoms with van der Waals surface area (Å²) < 4.78 is 16.8. The highest BCUT2D eigenvalue weighted by atomic mass is 16.5. The summed E-state index contributed by atoms with van der Waals surface area (Å²) >= 11 is 0. The summed E-state index contributed by atoms with van der Waals surface area (Å²) in [6.07, 6.45) is 5.14. The molecule has 0 aliphatic heterocycles. The van der Waals surface area contributed by atoms with Crippen molar-refractivity contribution in [2.75, 3.05) is 7.11 Å². The number of benzene rings is 1. The van der Waals surface area contributed by atoms with E-state index in [1.165, 1.54) is 16.1 Å². The van der Waals surface area contributed by atoms with E-state index in [1.807, 2.05) is 38.1 Å². The van der Waals surface area contributed by atoms with E-state index in [2.05, 4.69) is 20.7 Å². The number of amides is 2. The summed E-state index contributed by atoms with van der Waals surface area (Å²) in [5.74, 6) is 2.55. The van der Waals surface area contributed by atoms with Crippen molar-refractivity contribution >= 4 is 11.8 Å². The van der Waals surface area contributed by atoms with Gasteiger partial charge in [-0.15, -0.1) is 10.2 Å². The molecule has 4 aromatic rings. The van der Waals surface area contributed by atoms with Gasteiger partial charge < -0.3 is 23.8 Å². The predicted octanol–water partition coefficient (Wildman–Crippen LogP) is 4.37. The Hall–Kier alpha value is -4.41. The lowest BCUT2D eigenvalue weighted by Gasteiger charge is -2.32. The molecule has 1 unspecified atom stereocenters. The molecule has 11 heteroatoms.